The van der Waals surface area contributed by atoms with E-state index in [9.17, 15) is 4.79 Å². The average Bonchev–Trinajstić information content (AvgIpc) is 2.81. The summed E-state index contributed by atoms with van der Waals surface area (Å²) in [5, 5.41) is 0. The van der Waals surface area contributed by atoms with Gasteiger partial charge >= 0.3 is 0 Å². The molecule has 2 heterocycles. The monoisotopic (exact) mass is 263 g/mol. The smallest absolute Gasteiger partial charge is 0.237 e. The molecule has 1 aliphatic carbocycles. The summed E-state index contributed by atoms with van der Waals surface area (Å²) in [5.74, 6) is 0.314. The lowest BCUT2D eigenvalue weighted by molar-refractivity contribution is -0.132. The highest BCUT2D eigenvalue weighted by molar-refractivity contribution is 5.79. The Bertz CT molecular complexity index is 385. The molecule has 3 rings (SSSR count). The van der Waals surface area contributed by atoms with Gasteiger partial charge < -0.3 is 10.6 Å². The van der Waals surface area contributed by atoms with Crippen LogP contribution < -0.4 is 5.73 Å². The minimum Gasteiger partial charge on any atom is -0.337 e. The molecule has 1 atom stereocenters. The predicted octanol–water partition coefficient (Wildman–Crippen LogP) is 1.12. The molecule has 1 unspecified atom stereocenters. The molecule has 19 heavy (non-hydrogen) atoms. The Kier molecular flexibility index (Phi) is 3.89. The number of hydrogen-bond donors (Lipinski definition) is 1. The van der Waals surface area contributed by atoms with Crippen molar-refractivity contribution in [2.75, 3.05) is 32.7 Å². The SMILES string of the molecule is NC1CCC2=C1CCN(C(=O)CN1CCCCC1)C2. The van der Waals surface area contributed by atoms with Gasteiger partial charge in [0.05, 0.1) is 6.54 Å². The van der Waals surface area contributed by atoms with Crippen molar-refractivity contribution in [2.45, 2.75) is 44.6 Å². The van der Waals surface area contributed by atoms with E-state index < -0.39 is 0 Å². The first-order valence-corrected chi connectivity index (χ1v) is 7.70. The second kappa shape index (κ2) is 5.63. The molecule has 0 bridgehead atoms. The van der Waals surface area contributed by atoms with Gasteiger partial charge in [-0.3, -0.25) is 9.69 Å². The molecule has 0 saturated carbocycles. The molecule has 1 amide bonds. The molecule has 4 heteroatoms. The van der Waals surface area contributed by atoms with E-state index in [0.717, 1.165) is 45.4 Å². The van der Waals surface area contributed by atoms with Crippen LogP contribution in [0.3, 0.4) is 0 Å². The van der Waals surface area contributed by atoms with Crippen molar-refractivity contribution in [3.63, 3.8) is 0 Å². The number of carbonyl (C=O) groups excluding carboxylic acids is 1. The van der Waals surface area contributed by atoms with E-state index in [2.05, 4.69) is 4.90 Å². The quantitative estimate of drug-likeness (QED) is 0.760. The van der Waals surface area contributed by atoms with E-state index in [1.54, 1.807) is 0 Å². The molecule has 1 fully saturated rings. The highest BCUT2D eigenvalue weighted by Crippen LogP contribution is 2.31. The Morgan fingerprint density at radius 1 is 1.16 bits per heavy atom. The van der Waals surface area contributed by atoms with Crippen molar-refractivity contribution in [1.29, 1.82) is 0 Å². The molecule has 0 aromatic heterocycles. The van der Waals surface area contributed by atoms with E-state index >= 15 is 0 Å². The van der Waals surface area contributed by atoms with E-state index in [4.69, 9.17) is 5.73 Å². The fraction of sp³-hybridized carbons (Fsp3) is 0.800. The third-order valence-corrected chi connectivity index (χ3v) is 4.85. The van der Waals surface area contributed by atoms with Crippen LogP contribution in [0.25, 0.3) is 0 Å². The van der Waals surface area contributed by atoms with Crippen LogP contribution in [0.15, 0.2) is 11.1 Å². The average molecular weight is 263 g/mol. The molecule has 1 saturated heterocycles. The third kappa shape index (κ3) is 2.84. The van der Waals surface area contributed by atoms with E-state index in [1.165, 1.54) is 30.4 Å². The lowest BCUT2D eigenvalue weighted by atomic mass is 10.0. The van der Waals surface area contributed by atoms with Crippen molar-refractivity contribution < 1.29 is 4.79 Å². The van der Waals surface area contributed by atoms with Crippen molar-refractivity contribution in [1.82, 2.24) is 9.80 Å². The fourth-order valence-electron chi connectivity index (χ4n) is 3.66. The summed E-state index contributed by atoms with van der Waals surface area (Å²) in [6.07, 6.45) is 7.00. The van der Waals surface area contributed by atoms with Gasteiger partial charge in [0.2, 0.25) is 5.91 Å². The van der Waals surface area contributed by atoms with Crippen LogP contribution in [0.2, 0.25) is 0 Å². The van der Waals surface area contributed by atoms with Gasteiger partial charge in [0.15, 0.2) is 0 Å². The normalized spacial score (nSPS) is 28.7. The zero-order valence-corrected chi connectivity index (χ0v) is 11.7. The molecule has 3 aliphatic rings. The Morgan fingerprint density at radius 2 is 1.95 bits per heavy atom. The van der Waals surface area contributed by atoms with Crippen LogP contribution in [0.5, 0.6) is 0 Å². The number of nitrogens with zero attached hydrogens (tertiary/aromatic N) is 2. The van der Waals surface area contributed by atoms with Gasteiger partial charge in [0, 0.05) is 19.1 Å². The molecular formula is C15H25N3O. The molecule has 0 radical (unpaired) electrons. The molecule has 2 aliphatic heterocycles. The van der Waals surface area contributed by atoms with E-state index in [-0.39, 0.29) is 6.04 Å². The molecule has 4 nitrogen and oxygen atoms in total. The van der Waals surface area contributed by atoms with Crippen molar-refractivity contribution in [3.05, 3.63) is 11.1 Å². The zero-order valence-electron chi connectivity index (χ0n) is 11.7. The summed E-state index contributed by atoms with van der Waals surface area (Å²) in [4.78, 5) is 16.7. The summed E-state index contributed by atoms with van der Waals surface area (Å²) in [5.41, 5.74) is 8.99. The van der Waals surface area contributed by atoms with Crippen LogP contribution in [0, 0.1) is 0 Å². The number of nitrogens with two attached hydrogens (primary N) is 1. The predicted molar refractivity (Wildman–Crippen MR) is 75.7 cm³/mol. The van der Waals surface area contributed by atoms with Gasteiger partial charge in [-0.05, 0) is 50.8 Å². The number of piperidine rings is 1. The minimum absolute atomic E-state index is 0.273. The summed E-state index contributed by atoms with van der Waals surface area (Å²) in [6.45, 7) is 4.53. The first-order chi connectivity index (χ1) is 9.24. The number of carbonyl (C=O) groups is 1. The lowest BCUT2D eigenvalue weighted by Crippen LogP contribution is -2.44. The van der Waals surface area contributed by atoms with Gasteiger partial charge in [-0.15, -0.1) is 0 Å². The molecule has 0 aromatic rings. The van der Waals surface area contributed by atoms with Crippen LogP contribution in [0.4, 0.5) is 0 Å². The van der Waals surface area contributed by atoms with Crippen LogP contribution in [0.1, 0.15) is 38.5 Å². The van der Waals surface area contributed by atoms with Gasteiger partial charge in [0.1, 0.15) is 0 Å². The van der Waals surface area contributed by atoms with Crippen LogP contribution in [-0.4, -0.2) is 54.5 Å². The number of rotatable bonds is 2. The highest BCUT2D eigenvalue weighted by atomic mass is 16.2. The first-order valence-electron chi connectivity index (χ1n) is 7.70. The Labute approximate surface area is 115 Å². The minimum atomic E-state index is 0.273. The largest absolute Gasteiger partial charge is 0.337 e. The third-order valence-electron chi connectivity index (χ3n) is 4.85. The van der Waals surface area contributed by atoms with Crippen molar-refractivity contribution in [2.24, 2.45) is 5.73 Å². The zero-order chi connectivity index (χ0) is 13.2. The number of amides is 1. The van der Waals surface area contributed by atoms with E-state index in [1.807, 2.05) is 4.90 Å². The number of likely N-dealkylation sites (tertiary alicyclic amines) is 1. The maximum absolute atomic E-state index is 12.4. The fourth-order valence-corrected chi connectivity index (χ4v) is 3.66. The maximum Gasteiger partial charge on any atom is 0.237 e. The Hall–Kier alpha value is -0.870. The number of hydrogen-bond acceptors (Lipinski definition) is 3. The molecule has 0 spiro atoms. The van der Waals surface area contributed by atoms with Crippen molar-refractivity contribution in [3.8, 4) is 0 Å². The van der Waals surface area contributed by atoms with Gasteiger partial charge in [-0.1, -0.05) is 12.0 Å². The summed E-state index contributed by atoms with van der Waals surface area (Å²) in [7, 11) is 0. The van der Waals surface area contributed by atoms with E-state index in [0.29, 0.717) is 12.5 Å². The second-order valence-electron chi connectivity index (χ2n) is 6.18. The Balaban J connectivity index is 1.55. The molecule has 2 N–H and O–H groups in total. The Morgan fingerprint density at radius 3 is 2.74 bits per heavy atom. The maximum atomic E-state index is 12.4. The summed E-state index contributed by atoms with van der Waals surface area (Å²) >= 11 is 0. The van der Waals surface area contributed by atoms with Crippen LogP contribution >= 0.6 is 0 Å². The first kappa shape index (κ1) is 13.1. The topological polar surface area (TPSA) is 49.6 Å². The van der Waals surface area contributed by atoms with Gasteiger partial charge in [-0.2, -0.15) is 0 Å². The molecule has 106 valence electrons. The highest BCUT2D eigenvalue weighted by Gasteiger charge is 2.30. The summed E-state index contributed by atoms with van der Waals surface area (Å²) < 4.78 is 0. The van der Waals surface area contributed by atoms with Crippen LogP contribution in [-0.2, 0) is 4.79 Å². The van der Waals surface area contributed by atoms with Gasteiger partial charge in [-0.25, -0.2) is 0 Å². The molecular weight excluding hydrogens is 238 g/mol. The van der Waals surface area contributed by atoms with Gasteiger partial charge in [0.25, 0.3) is 0 Å². The summed E-state index contributed by atoms with van der Waals surface area (Å²) in [6, 6.07) is 0.273. The molecule has 0 aromatic carbocycles. The van der Waals surface area contributed by atoms with Crippen molar-refractivity contribution >= 4 is 5.91 Å². The standard InChI is InChI=1S/C15H25N3O/c16-14-5-4-12-10-18(9-6-13(12)14)15(19)11-17-7-2-1-3-8-17/h14H,1-11,16H2. The second-order valence-corrected chi connectivity index (χ2v) is 6.18. The lowest BCUT2D eigenvalue weighted by Gasteiger charge is -2.32.